The van der Waals surface area contributed by atoms with Gasteiger partial charge in [0.25, 0.3) is 0 Å². The predicted molar refractivity (Wildman–Crippen MR) is 85.4 cm³/mol. The molecule has 0 saturated heterocycles. The molecule has 2 rings (SSSR count). The molecule has 1 unspecified atom stereocenters. The maximum atomic E-state index is 5.37. The van der Waals surface area contributed by atoms with E-state index in [1.54, 1.807) is 25.6 Å². The first-order valence-electron chi connectivity index (χ1n) is 6.60. The number of ether oxygens (including phenoxy) is 2. The van der Waals surface area contributed by atoms with Gasteiger partial charge in [-0.25, -0.2) is 0 Å². The van der Waals surface area contributed by atoms with Crippen molar-refractivity contribution in [1.29, 1.82) is 0 Å². The number of benzene rings is 1. The number of anilines is 1. The summed E-state index contributed by atoms with van der Waals surface area (Å²) in [5, 5.41) is 5.68. The summed E-state index contributed by atoms with van der Waals surface area (Å²) in [7, 11) is 3.31. The van der Waals surface area contributed by atoms with Crippen LogP contribution in [0.1, 0.15) is 29.0 Å². The molecule has 1 aromatic carbocycles. The minimum absolute atomic E-state index is 0.270. The Morgan fingerprint density at radius 1 is 1.05 bits per heavy atom. The van der Waals surface area contributed by atoms with Crippen LogP contribution in [0.4, 0.5) is 5.69 Å². The number of methoxy groups -OCH3 is 2. The van der Waals surface area contributed by atoms with Gasteiger partial charge in [0.05, 0.1) is 20.3 Å². The number of aryl methyl sites for hydroxylation is 2. The van der Waals surface area contributed by atoms with Crippen LogP contribution in [0.2, 0.25) is 0 Å². The van der Waals surface area contributed by atoms with Crippen LogP contribution in [0.25, 0.3) is 0 Å². The van der Waals surface area contributed by atoms with Crippen molar-refractivity contribution in [3.63, 3.8) is 0 Å². The lowest BCUT2D eigenvalue weighted by atomic mass is 10.1. The molecule has 108 valence electrons. The van der Waals surface area contributed by atoms with Gasteiger partial charge < -0.3 is 14.8 Å². The first-order chi connectivity index (χ1) is 9.56. The molecule has 0 amide bonds. The fraction of sp³-hybridized carbons (Fsp3) is 0.375. The number of hydrogen-bond donors (Lipinski definition) is 1. The van der Waals surface area contributed by atoms with Crippen LogP contribution in [0.3, 0.4) is 0 Å². The summed E-state index contributed by atoms with van der Waals surface area (Å²) < 4.78 is 10.7. The van der Waals surface area contributed by atoms with Gasteiger partial charge in [0.15, 0.2) is 11.5 Å². The summed E-state index contributed by atoms with van der Waals surface area (Å²) in [6.45, 7) is 6.39. The normalized spacial score (nSPS) is 12.1. The van der Waals surface area contributed by atoms with E-state index >= 15 is 0 Å². The van der Waals surface area contributed by atoms with E-state index < -0.39 is 0 Å². The second-order valence-corrected chi connectivity index (χ2v) is 5.80. The molecule has 2 aromatic rings. The standard InChI is InChI=1S/C16H21NO2S/c1-10-6-7-20-16(10)12(3)17-13-9-15(19-5)14(18-4)8-11(13)2/h6-9,12,17H,1-5H3. The monoisotopic (exact) mass is 291 g/mol. The average molecular weight is 291 g/mol. The lowest BCUT2D eigenvalue weighted by molar-refractivity contribution is 0.355. The minimum Gasteiger partial charge on any atom is -0.493 e. The van der Waals surface area contributed by atoms with Crippen LogP contribution in [0.5, 0.6) is 11.5 Å². The second kappa shape index (κ2) is 6.18. The molecular weight excluding hydrogens is 270 g/mol. The van der Waals surface area contributed by atoms with Gasteiger partial charge in [-0.15, -0.1) is 11.3 Å². The second-order valence-electron chi connectivity index (χ2n) is 4.86. The van der Waals surface area contributed by atoms with Crippen LogP contribution in [0.15, 0.2) is 23.6 Å². The maximum absolute atomic E-state index is 5.37. The Labute approximate surface area is 124 Å². The van der Waals surface area contributed by atoms with Crippen molar-refractivity contribution in [3.8, 4) is 11.5 Å². The van der Waals surface area contributed by atoms with Gasteiger partial charge in [-0.05, 0) is 49.4 Å². The van der Waals surface area contributed by atoms with E-state index in [0.717, 1.165) is 22.7 Å². The third kappa shape index (κ3) is 2.90. The SMILES string of the molecule is COc1cc(C)c(NC(C)c2sccc2C)cc1OC. The molecule has 0 aliphatic rings. The number of nitrogens with one attached hydrogen (secondary N) is 1. The summed E-state index contributed by atoms with van der Waals surface area (Å²) in [5.41, 5.74) is 3.54. The molecule has 0 radical (unpaired) electrons. The first kappa shape index (κ1) is 14.7. The Bertz CT molecular complexity index is 592. The van der Waals surface area contributed by atoms with Crippen LogP contribution in [-0.4, -0.2) is 14.2 Å². The third-order valence-corrected chi connectivity index (χ3v) is 4.60. The van der Waals surface area contributed by atoms with Gasteiger partial charge in [0.2, 0.25) is 0 Å². The molecule has 0 spiro atoms. The summed E-state index contributed by atoms with van der Waals surface area (Å²) in [4.78, 5) is 1.36. The zero-order valence-corrected chi connectivity index (χ0v) is 13.4. The van der Waals surface area contributed by atoms with Crippen molar-refractivity contribution in [2.24, 2.45) is 0 Å². The Morgan fingerprint density at radius 3 is 2.25 bits per heavy atom. The van der Waals surface area contributed by atoms with E-state index in [1.165, 1.54) is 10.4 Å². The quantitative estimate of drug-likeness (QED) is 0.876. The fourth-order valence-electron chi connectivity index (χ4n) is 2.26. The molecule has 1 atom stereocenters. The van der Waals surface area contributed by atoms with Crippen molar-refractivity contribution >= 4 is 17.0 Å². The van der Waals surface area contributed by atoms with Crippen molar-refractivity contribution in [1.82, 2.24) is 0 Å². The lowest BCUT2D eigenvalue weighted by Crippen LogP contribution is -2.07. The molecule has 0 fully saturated rings. The van der Waals surface area contributed by atoms with Crippen LogP contribution < -0.4 is 14.8 Å². The highest BCUT2D eigenvalue weighted by atomic mass is 32.1. The molecule has 1 aromatic heterocycles. The van der Waals surface area contributed by atoms with E-state index in [9.17, 15) is 0 Å². The van der Waals surface area contributed by atoms with Crippen LogP contribution >= 0.6 is 11.3 Å². The fourth-order valence-corrected chi connectivity index (χ4v) is 3.20. The lowest BCUT2D eigenvalue weighted by Gasteiger charge is -2.19. The molecule has 3 nitrogen and oxygen atoms in total. The van der Waals surface area contributed by atoms with Gasteiger partial charge in [-0.2, -0.15) is 0 Å². The highest BCUT2D eigenvalue weighted by molar-refractivity contribution is 7.10. The zero-order valence-electron chi connectivity index (χ0n) is 12.6. The third-order valence-electron chi connectivity index (χ3n) is 3.40. The molecule has 4 heteroatoms. The molecular formula is C16H21NO2S. The summed E-state index contributed by atoms with van der Waals surface area (Å²) in [6, 6.07) is 6.41. The molecule has 0 saturated carbocycles. The minimum atomic E-state index is 0.270. The van der Waals surface area contributed by atoms with Crippen molar-refractivity contribution in [3.05, 3.63) is 39.6 Å². The van der Waals surface area contributed by atoms with Crippen LogP contribution in [-0.2, 0) is 0 Å². The molecule has 1 heterocycles. The number of thiophene rings is 1. The maximum Gasteiger partial charge on any atom is 0.162 e. The van der Waals surface area contributed by atoms with Crippen molar-refractivity contribution in [2.75, 3.05) is 19.5 Å². The Morgan fingerprint density at radius 2 is 1.70 bits per heavy atom. The smallest absolute Gasteiger partial charge is 0.162 e. The molecule has 0 bridgehead atoms. The van der Waals surface area contributed by atoms with Gasteiger partial charge in [-0.1, -0.05) is 0 Å². The topological polar surface area (TPSA) is 30.5 Å². The average Bonchev–Trinajstić information content (AvgIpc) is 2.86. The Kier molecular flexibility index (Phi) is 4.55. The van der Waals surface area contributed by atoms with Crippen LogP contribution in [0, 0.1) is 13.8 Å². The first-order valence-corrected chi connectivity index (χ1v) is 7.48. The largest absolute Gasteiger partial charge is 0.493 e. The van der Waals surface area contributed by atoms with Gasteiger partial charge in [0.1, 0.15) is 0 Å². The van der Waals surface area contributed by atoms with Gasteiger partial charge in [-0.3, -0.25) is 0 Å². The van der Waals surface area contributed by atoms with Gasteiger partial charge in [0, 0.05) is 16.6 Å². The van der Waals surface area contributed by atoms with Gasteiger partial charge >= 0.3 is 0 Å². The molecule has 0 aliphatic carbocycles. The number of hydrogen-bond acceptors (Lipinski definition) is 4. The summed E-state index contributed by atoms with van der Waals surface area (Å²) in [5.74, 6) is 1.51. The van der Waals surface area contributed by atoms with Crippen molar-refractivity contribution in [2.45, 2.75) is 26.8 Å². The summed E-state index contributed by atoms with van der Waals surface area (Å²) in [6.07, 6.45) is 0. The zero-order chi connectivity index (χ0) is 14.7. The Balaban J connectivity index is 2.27. The van der Waals surface area contributed by atoms with E-state index in [-0.39, 0.29) is 6.04 Å². The van der Waals surface area contributed by atoms with E-state index in [0.29, 0.717) is 0 Å². The Hall–Kier alpha value is -1.68. The summed E-state index contributed by atoms with van der Waals surface area (Å²) >= 11 is 1.78. The highest BCUT2D eigenvalue weighted by Crippen LogP contribution is 2.35. The highest BCUT2D eigenvalue weighted by Gasteiger charge is 2.13. The molecule has 0 aliphatic heterocycles. The molecule has 20 heavy (non-hydrogen) atoms. The predicted octanol–water partition coefficient (Wildman–Crippen LogP) is 4.56. The van der Waals surface area contributed by atoms with E-state index in [2.05, 4.69) is 37.5 Å². The number of rotatable bonds is 5. The van der Waals surface area contributed by atoms with E-state index in [4.69, 9.17) is 9.47 Å². The molecule has 1 N–H and O–H groups in total. The van der Waals surface area contributed by atoms with Crippen molar-refractivity contribution < 1.29 is 9.47 Å². The van der Waals surface area contributed by atoms with E-state index in [1.807, 2.05) is 12.1 Å².